The Bertz CT molecular complexity index is 1000. The molecule has 0 bridgehead atoms. The first-order chi connectivity index (χ1) is 12.8. The van der Waals surface area contributed by atoms with Crippen molar-refractivity contribution in [3.63, 3.8) is 0 Å². The summed E-state index contributed by atoms with van der Waals surface area (Å²) >= 11 is 0. The Balaban J connectivity index is 1.69. The quantitative estimate of drug-likeness (QED) is 0.610. The minimum atomic E-state index is 0.306. The second kappa shape index (κ2) is 6.16. The monoisotopic (exact) mass is 367 g/mol. The number of aromatic nitrogens is 3. The van der Waals surface area contributed by atoms with E-state index < -0.39 is 0 Å². The normalized spacial score (nSPS) is 21.5. The summed E-state index contributed by atoms with van der Waals surface area (Å²) in [6.07, 6.45) is 4.92. The van der Waals surface area contributed by atoms with Gasteiger partial charge >= 0.3 is 0 Å². The highest BCUT2D eigenvalue weighted by atomic mass is 15.4. The number of nitrogens with one attached hydrogen (secondary N) is 1. The second-order valence-electron chi connectivity index (χ2n) is 7.40. The number of hydrogen-bond acceptors (Lipinski definition) is 7. The summed E-state index contributed by atoms with van der Waals surface area (Å²) in [5.74, 6) is 1.35. The van der Waals surface area contributed by atoms with E-state index in [0.717, 1.165) is 30.7 Å². The van der Waals surface area contributed by atoms with Gasteiger partial charge in [0.15, 0.2) is 17.3 Å². The van der Waals surface area contributed by atoms with Gasteiger partial charge in [0.05, 0.1) is 57.9 Å². The van der Waals surface area contributed by atoms with E-state index in [0.29, 0.717) is 40.2 Å². The zero-order chi connectivity index (χ0) is 19.2. The predicted molar refractivity (Wildman–Crippen MR) is 105 cm³/mol. The molecule has 1 saturated heterocycles. The lowest BCUT2D eigenvalue weighted by Gasteiger charge is -2.40. The first-order valence-electron chi connectivity index (χ1n) is 8.73. The third kappa shape index (κ3) is 3.26. The van der Waals surface area contributed by atoms with E-state index in [-0.39, 0.29) is 0 Å². The lowest BCUT2D eigenvalue weighted by molar-refractivity contribution is -0.894. The van der Waals surface area contributed by atoms with Crippen molar-refractivity contribution < 1.29 is 4.48 Å². The summed E-state index contributed by atoms with van der Waals surface area (Å²) in [6, 6.07) is 1.67. The molecule has 4 rings (SSSR count). The fourth-order valence-corrected chi connectivity index (χ4v) is 3.12. The number of anilines is 1. The van der Waals surface area contributed by atoms with Crippen LogP contribution in [0.15, 0.2) is 40.2 Å². The van der Waals surface area contributed by atoms with Gasteiger partial charge in [0.2, 0.25) is 0 Å². The van der Waals surface area contributed by atoms with Gasteiger partial charge in [0.25, 0.3) is 0 Å². The lowest BCUT2D eigenvalue weighted by atomic mass is 10.1. The topological polar surface area (TPSA) is 134 Å². The predicted octanol–water partition coefficient (Wildman–Crippen LogP) is 0.00797. The summed E-state index contributed by atoms with van der Waals surface area (Å²) in [7, 11) is 4.42. The molecule has 140 valence electrons. The van der Waals surface area contributed by atoms with Gasteiger partial charge in [-0.1, -0.05) is 0 Å². The van der Waals surface area contributed by atoms with Crippen molar-refractivity contribution in [3.05, 3.63) is 30.2 Å². The molecular formula is C17H23N10+. The van der Waals surface area contributed by atoms with Crippen LogP contribution >= 0.6 is 0 Å². The Labute approximate surface area is 156 Å². The molecule has 0 aliphatic carbocycles. The minimum absolute atomic E-state index is 0.306. The highest BCUT2D eigenvalue weighted by Gasteiger charge is 2.29. The second-order valence-corrected chi connectivity index (χ2v) is 7.40. The number of rotatable bonds is 1. The van der Waals surface area contributed by atoms with Gasteiger partial charge in [0.1, 0.15) is 11.5 Å². The summed E-state index contributed by atoms with van der Waals surface area (Å²) in [5.41, 5.74) is 13.6. The first kappa shape index (κ1) is 17.2. The summed E-state index contributed by atoms with van der Waals surface area (Å²) in [4.78, 5) is 15.5. The summed E-state index contributed by atoms with van der Waals surface area (Å²) < 4.78 is 2.56. The Hall–Kier alpha value is -3.27. The van der Waals surface area contributed by atoms with Crippen LogP contribution in [0.3, 0.4) is 0 Å². The maximum Gasteiger partial charge on any atom is 0.183 e. The van der Waals surface area contributed by atoms with Crippen LogP contribution in [0.2, 0.25) is 0 Å². The van der Waals surface area contributed by atoms with Crippen molar-refractivity contribution in [2.24, 2.45) is 15.7 Å². The van der Waals surface area contributed by atoms with Gasteiger partial charge in [-0.25, -0.2) is 19.5 Å². The van der Waals surface area contributed by atoms with E-state index in [2.05, 4.69) is 39.1 Å². The first-order valence-corrected chi connectivity index (χ1v) is 8.73. The van der Waals surface area contributed by atoms with Crippen molar-refractivity contribution in [2.45, 2.75) is 0 Å². The Morgan fingerprint density at radius 2 is 1.96 bits per heavy atom. The smallest absolute Gasteiger partial charge is 0.183 e. The number of likely N-dealkylation sites (N-methyl/N-ethyl adjacent to an activating group) is 1. The third-order valence-electron chi connectivity index (χ3n) is 4.86. The lowest BCUT2D eigenvalue weighted by Crippen LogP contribution is -2.57. The van der Waals surface area contributed by atoms with Gasteiger partial charge in [-0.05, 0) is 12.1 Å². The van der Waals surface area contributed by atoms with Crippen LogP contribution in [0.1, 0.15) is 0 Å². The highest BCUT2D eigenvalue weighted by Crippen LogP contribution is 2.21. The number of nitrogen functional groups attached to an aromatic ring is 1. The SMILES string of the molecule is C[N+]1(C)CCN(C2=N/C(=N\c3cnn4ccc(N)nc34)C(N)=CC2=N)CC1. The number of quaternary nitrogens is 1. The largest absolute Gasteiger partial charge is 0.396 e. The van der Waals surface area contributed by atoms with Crippen LogP contribution < -0.4 is 11.5 Å². The van der Waals surface area contributed by atoms with Crippen molar-refractivity contribution in [3.8, 4) is 0 Å². The highest BCUT2D eigenvalue weighted by molar-refractivity contribution is 6.48. The molecule has 0 saturated carbocycles. The fourth-order valence-electron chi connectivity index (χ4n) is 3.12. The molecule has 0 amide bonds. The Morgan fingerprint density at radius 1 is 1.22 bits per heavy atom. The van der Waals surface area contributed by atoms with Gasteiger partial charge in [-0.2, -0.15) is 5.10 Å². The molecule has 0 unspecified atom stereocenters. The molecule has 27 heavy (non-hydrogen) atoms. The molecule has 10 nitrogen and oxygen atoms in total. The van der Waals surface area contributed by atoms with E-state index in [9.17, 15) is 0 Å². The molecule has 5 N–H and O–H groups in total. The average molecular weight is 367 g/mol. The number of aliphatic imine (C=N–C) groups is 2. The number of nitrogens with zero attached hydrogens (tertiary/aromatic N) is 7. The van der Waals surface area contributed by atoms with Crippen LogP contribution in [-0.2, 0) is 0 Å². The van der Waals surface area contributed by atoms with Crippen molar-refractivity contribution >= 4 is 34.5 Å². The number of amidine groups is 2. The zero-order valence-corrected chi connectivity index (χ0v) is 15.4. The molecule has 2 aliphatic heterocycles. The van der Waals surface area contributed by atoms with Gasteiger partial charge in [0, 0.05) is 6.20 Å². The number of hydrogen-bond donors (Lipinski definition) is 3. The van der Waals surface area contributed by atoms with Crippen molar-refractivity contribution in [1.82, 2.24) is 19.5 Å². The molecule has 2 aromatic heterocycles. The van der Waals surface area contributed by atoms with Gasteiger partial charge in [-0.15, -0.1) is 0 Å². The Morgan fingerprint density at radius 3 is 2.70 bits per heavy atom. The molecule has 10 heteroatoms. The molecular weight excluding hydrogens is 344 g/mol. The Kier molecular flexibility index (Phi) is 3.92. The van der Waals surface area contributed by atoms with Crippen LogP contribution in [-0.4, -0.2) is 81.6 Å². The van der Waals surface area contributed by atoms with Gasteiger partial charge < -0.3 is 20.9 Å². The number of piperazine rings is 1. The molecule has 0 atom stereocenters. The van der Waals surface area contributed by atoms with Crippen LogP contribution in [0.5, 0.6) is 0 Å². The van der Waals surface area contributed by atoms with Crippen LogP contribution in [0.4, 0.5) is 11.5 Å². The molecule has 4 heterocycles. The third-order valence-corrected chi connectivity index (χ3v) is 4.86. The van der Waals surface area contributed by atoms with E-state index >= 15 is 0 Å². The molecule has 1 fully saturated rings. The van der Waals surface area contributed by atoms with Gasteiger partial charge in [-0.3, -0.25) is 5.41 Å². The van der Waals surface area contributed by atoms with Crippen LogP contribution in [0, 0.1) is 5.41 Å². The molecule has 2 aromatic rings. The van der Waals surface area contributed by atoms with E-state index in [4.69, 9.17) is 16.9 Å². The average Bonchev–Trinajstić information content (AvgIpc) is 3.00. The molecule has 0 spiro atoms. The maximum absolute atomic E-state index is 8.28. The van der Waals surface area contributed by atoms with Crippen LogP contribution in [0.25, 0.3) is 5.65 Å². The molecule has 2 aliphatic rings. The maximum atomic E-state index is 8.28. The fraction of sp³-hybridized carbons (Fsp3) is 0.353. The van der Waals surface area contributed by atoms with E-state index in [1.807, 2.05) is 0 Å². The van der Waals surface area contributed by atoms with E-state index in [1.54, 1.807) is 29.1 Å². The molecule has 0 aromatic carbocycles. The standard InChI is InChI=1S/C17H23N10/c1-27(2)7-5-25(6-8-27)16-12(19)9-11(18)15(24-16)22-13-10-21-26-4-3-14(20)23-17(13)26/h3-4,9-10,19H,5-8,18H2,1-2H3,(H2,20,23)/q+1/b19-12?,22-15-. The molecule has 0 radical (unpaired) electrons. The number of fused-ring (bicyclic) bond motifs is 1. The van der Waals surface area contributed by atoms with Crippen molar-refractivity contribution in [1.29, 1.82) is 5.41 Å². The number of nitrogens with two attached hydrogens (primary N) is 2. The summed E-state index contributed by atoms with van der Waals surface area (Å²) in [5, 5.41) is 12.5. The minimum Gasteiger partial charge on any atom is -0.396 e. The number of dihydropyridines is 1. The van der Waals surface area contributed by atoms with Crippen molar-refractivity contribution in [2.75, 3.05) is 46.0 Å². The zero-order valence-electron chi connectivity index (χ0n) is 15.4. The summed E-state index contributed by atoms with van der Waals surface area (Å²) in [6.45, 7) is 3.67. The van der Waals surface area contributed by atoms with E-state index in [1.165, 1.54) is 0 Å².